The van der Waals surface area contributed by atoms with Crippen LogP contribution in [0.1, 0.15) is 57.7 Å². The van der Waals surface area contributed by atoms with Crippen LogP contribution in [0, 0.1) is 11.8 Å². The number of carbonyl (C=O) groups excluding carboxylic acids is 1. The van der Waals surface area contributed by atoms with E-state index < -0.39 is 0 Å². The molecular formula is C22H30N4O2S. The molecule has 3 heterocycles. The lowest BCUT2D eigenvalue weighted by atomic mass is 9.78. The van der Waals surface area contributed by atoms with E-state index >= 15 is 0 Å². The van der Waals surface area contributed by atoms with Crippen LogP contribution in [0.5, 0.6) is 0 Å². The van der Waals surface area contributed by atoms with E-state index in [1.54, 1.807) is 11.3 Å². The second kappa shape index (κ2) is 7.94. The van der Waals surface area contributed by atoms with Crippen molar-refractivity contribution in [2.24, 2.45) is 11.8 Å². The van der Waals surface area contributed by atoms with Crippen LogP contribution < -0.4 is 10.9 Å². The van der Waals surface area contributed by atoms with Crippen molar-refractivity contribution in [2.45, 2.75) is 72.4 Å². The molecule has 1 saturated carbocycles. The summed E-state index contributed by atoms with van der Waals surface area (Å²) in [5.41, 5.74) is 1.45. The lowest BCUT2D eigenvalue weighted by Crippen LogP contribution is -2.46. The molecule has 3 aromatic heterocycles. The van der Waals surface area contributed by atoms with E-state index in [1.165, 1.54) is 16.0 Å². The Balaban J connectivity index is 1.64. The Morgan fingerprint density at radius 1 is 1.21 bits per heavy atom. The molecule has 1 amide bonds. The van der Waals surface area contributed by atoms with Gasteiger partial charge in [0.2, 0.25) is 5.91 Å². The van der Waals surface area contributed by atoms with Gasteiger partial charge in [-0.25, -0.2) is 4.68 Å². The number of aromatic nitrogens is 3. The summed E-state index contributed by atoms with van der Waals surface area (Å²) in [6.45, 7) is 8.59. The average Bonchev–Trinajstić information content (AvgIpc) is 3.25. The van der Waals surface area contributed by atoms with Gasteiger partial charge in [-0.1, -0.05) is 40.5 Å². The molecule has 3 aromatic rings. The maximum Gasteiger partial charge on any atom is 0.291 e. The number of aryl methyl sites for hydroxylation is 2. The molecule has 7 heteroatoms. The minimum atomic E-state index is -0.205. The van der Waals surface area contributed by atoms with Gasteiger partial charge in [0.05, 0.1) is 10.2 Å². The monoisotopic (exact) mass is 414 g/mol. The van der Waals surface area contributed by atoms with Crippen LogP contribution in [0.25, 0.3) is 15.7 Å². The normalized spacial score (nSPS) is 22.4. The van der Waals surface area contributed by atoms with Crippen molar-refractivity contribution in [2.75, 3.05) is 0 Å². The molecule has 6 nitrogen and oxygen atoms in total. The van der Waals surface area contributed by atoms with E-state index in [0.717, 1.165) is 35.3 Å². The lowest BCUT2D eigenvalue weighted by Gasteiger charge is -2.34. The smallest absolute Gasteiger partial charge is 0.291 e. The number of hydrogen-bond donors (Lipinski definition) is 1. The van der Waals surface area contributed by atoms with Crippen molar-refractivity contribution >= 4 is 33.0 Å². The molecule has 0 aromatic carbocycles. The van der Waals surface area contributed by atoms with E-state index in [9.17, 15) is 9.59 Å². The second-order valence-electron chi connectivity index (χ2n) is 8.35. The molecule has 0 aliphatic heterocycles. The molecule has 29 heavy (non-hydrogen) atoms. The number of fused-ring (bicyclic) bond motifs is 3. The van der Waals surface area contributed by atoms with Crippen LogP contribution in [0.15, 0.2) is 16.9 Å². The predicted octanol–water partition coefficient (Wildman–Crippen LogP) is 3.78. The summed E-state index contributed by atoms with van der Waals surface area (Å²) in [7, 11) is 0. The van der Waals surface area contributed by atoms with Crippen LogP contribution in [0.2, 0.25) is 0 Å². The maximum atomic E-state index is 13.1. The fraction of sp³-hybridized carbons (Fsp3) is 0.591. The Hall–Kier alpha value is -2.15. The molecular weight excluding hydrogens is 384 g/mol. The zero-order valence-electron chi connectivity index (χ0n) is 17.7. The lowest BCUT2D eigenvalue weighted by molar-refractivity contribution is -0.123. The highest BCUT2D eigenvalue weighted by Crippen LogP contribution is 2.30. The Labute approximate surface area is 174 Å². The van der Waals surface area contributed by atoms with Crippen LogP contribution in [0.3, 0.4) is 0 Å². The third kappa shape index (κ3) is 3.61. The van der Waals surface area contributed by atoms with Crippen molar-refractivity contribution in [1.82, 2.24) is 19.5 Å². The standard InChI is InChI=1S/C22H30N4O2S/c1-5-15-10-17-19(29-15)11-18-22(28)25(24-20(6-2)26(17)18)12-21(27)23-16-9-7-8-13(3)14(16)4/h10-11,13-14,16H,5-9,12H2,1-4H3,(H,23,27)/t13-,14-,16+/m0/s1. The summed E-state index contributed by atoms with van der Waals surface area (Å²) in [5.74, 6) is 1.75. The van der Waals surface area contributed by atoms with Crippen molar-refractivity contribution in [3.8, 4) is 0 Å². The molecule has 1 aliphatic carbocycles. The third-order valence-electron chi connectivity index (χ3n) is 6.50. The van der Waals surface area contributed by atoms with Crippen molar-refractivity contribution < 1.29 is 4.79 Å². The molecule has 1 fully saturated rings. The number of nitrogens with zero attached hydrogens (tertiary/aromatic N) is 3. The van der Waals surface area contributed by atoms with Gasteiger partial charge in [-0.15, -0.1) is 11.3 Å². The molecule has 0 bridgehead atoms. The number of rotatable bonds is 5. The van der Waals surface area contributed by atoms with E-state index in [-0.39, 0.29) is 24.1 Å². The summed E-state index contributed by atoms with van der Waals surface area (Å²) < 4.78 is 4.40. The van der Waals surface area contributed by atoms with Gasteiger partial charge in [-0.2, -0.15) is 5.10 Å². The van der Waals surface area contributed by atoms with Gasteiger partial charge in [0, 0.05) is 17.3 Å². The first kappa shape index (κ1) is 20.1. The van der Waals surface area contributed by atoms with Crippen molar-refractivity contribution in [3.05, 3.63) is 33.2 Å². The van der Waals surface area contributed by atoms with Gasteiger partial charge in [-0.05, 0) is 36.8 Å². The van der Waals surface area contributed by atoms with Crippen LogP contribution in [-0.4, -0.2) is 26.1 Å². The van der Waals surface area contributed by atoms with E-state index in [4.69, 9.17) is 0 Å². The zero-order chi connectivity index (χ0) is 20.7. The Morgan fingerprint density at radius 2 is 2.00 bits per heavy atom. The van der Waals surface area contributed by atoms with Gasteiger partial charge in [0.1, 0.15) is 17.9 Å². The van der Waals surface area contributed by atoms with E-state index in [1.807, 2.05) is 17.4 Å². The van der Waals surface area contributed by atoms with Crippen LogP contribution in [-0.2, 0) is 24.2 Å². The Kier molecular flexibility index (Phi) is 5.51. The largest absolute Gasteiger partial charge is 0.351 e. The molecule has 0 unspecified atom stereocenters. The highest BCUT2D eigenvalue weighted by Gasteiger charge is 2.28. The summed E-state index contributed by atoms with van der Waals surface area (Å²) in [6.07, 6.45) is 5.04. The first-order valence-corrected chi connectivity index (χ1v) is 11.6. The van der Waals surface area contributed by atoms with E-state index in [0.29, 0.717) is 23.8 Å². The average molecular weight is 415 g/mol. The first-order chi connectivity index (χ1) is 13.9. The van der Waals surface area contributed by atoms with Gasteiger partial charge < -0.3 is 5.32 Å². The number of nitrogens with one attached hydrogen (secondary N) is 1. The maximum absolute atomic E-state index is 13.1. The van der Waals surface area contributed by atoms with Gasteiger partial charge in [0.15, 0.2) is 0 Å². The highest BCUT2D eigenvalue weighted by molar-refractivity contribution is 7.19. The fourth-order valence-electron chi connectivity index (χ4n) is 4.52. The Morgan fingerprint density at radius 3 is 2.72 bits per heavy atom. The quantitative estimate of drug-likeness (QED) is 0.691. The SMILES string of the molecule is CCc1cc2c(cc3c(=O)n(CC(=O)N[C@@H]4CCC[C@H](C)[C@@H]4C)nc(CC)n32)s1. The summed E-state index contributed by atoms with van der Waals surface area (Å²) >= 11 is 1.72. The number of thiophene rings is 1. The molecule has 3 atom stereocenters. The Bertz CT molecular complexity index is 1110. The molecule has 156 valence electrons. The second-order valence-corrected chi connectivity index (χ2v) is 9.52. The first-order valence-electron chi connectivity index (χ1n) is 10.8. The number of hydrogen-bond acceptors (Lipinski definition) is 4. The van der Waals surface area contributed by atoms with E-state index in [2.05, 4.69) is 37.3 Å². The summed E-state index contributed by atoms with van der Waals surface area (Å²) in [4.78, 5) is 27.1. The summed E-state index contributed by atoms with van der Waals surface area (Å²) in [5, 5.41) is 7.71. The third-order valence-corrected chi connectivity index (χ3v) is 7.72. The molecule has 0 radical (unpaired) electrons. The zero-order valence-corrected chi connectivity index (χ0v) is 18.5. The highest BCUT2D eigenvalue weighted by atomic mass is 32.1. The van der Waals surface area contributed by atoms with Crippen molar-refractivity contribution in [3.63, 3.8) is 0 Å². The number of carbonyl (C=O) groups is 1. The minimum Gasteiger partial charge on any atom is -0.351 e. The predicted molar refractivity (Wildman–Crippen MR) is 118 cm³/mol. The summed E-state index contributed by atoms with van der Waals surface area (Å²) in [6, 6.07) is 4.28. The molecule has 1 N–H and O–H groups in total. The molecule has 1 aliphatic rings. The van der Waals surface area contributed by atoms with Crippen LogP contribution in [0.4, 0.5) is 0 Å². The number of amides is 1. The van der Waals surface area contributed by atoms with Gasteiger partial charge >= 0.3 is 0 Å². The topological polar surface area (TPSA) is 68.4 Å². The fourth-order valence-corrected chi connectivity index (χ4v) is 5.55. The van der Waals surface area contributed by atoms with Gasteiger partial charge in [0.25, 0.3) is 5.56 Å². The molecule has 0 saturated heterocycles. The molecule has 0 spiro atoms. The van der Waals surface area contributed by atoms with Gasteiger partial charge in [-0.3, -0.25) is 14.0 Å². The minimum absolute atomic E-state index is 0.0288. The molecule has 4 rings (SSSR count). The van der Waals surface area contributed by atoms with Crippen molar-refractivity contribution in [1.29, 1.82) is 0 Å². The van der Waals surface area contributed by atoms with Crippen LogP contribution >= 0.6 is 11.3 Å².